The van der Waals surface area contributed by atoms with E-state index >= 15 is 0 Å². The van der Waals surface area contributed by atoms with Crippen LogP contribution in [0.1, 0.15) is 65.1 Å². The van der Waals surface area contributed by atoms with Crippen LogP contribution in [-0.4, -0.2) is 43.5 Å². The molecule has 0 radical (unpaired) electrons. The van der Waals surface area contributed by atoms with Crippen molar-refractivity contribution in [3.63, 3.8) is 0 Å². The maximum atomic E-state index is 12.5. The monoisotopic (exact) mass is 341 g/mol. The normalized spacial score (nSPS) is 19.2. The lowest BCUT2D eigenvalue weighted by Crippen LogP contribution is -2.40. The third-order valence-electron chi connectivity index (χ3n) is 4.06. The van der Waals surface area contributed by atoms with Crippen LogP contribution < -0.4 is 0 Å². The molecule has 6 nitrogen and oxygen atoms in total. The van der Waals surface area contributed by atoms with Crippen molar-refractivity contribution in [1.29, 1.82) is 0 Å². The first kappa shape index (κ1) is 18.1. The van der Waals surface area contributed by atoms with Crippen LogP contribution in [0.5, 0.6) is 0 Å². The molecule has 130 valence electrons. The van der Waals surface area contributed by atoms with Gasteiger partial charge >= 0.3 is 0 Å². The fourth-order valence-electron chi connectivity index (χ4n) is 2.53. The van der Waals surface area contributed by atoms with E-state index in [1.165, 1.54) is 12.8 Å². The minimum atomic E-state index is -1.35. The Morgan fingerprint density at radius 2 is 1.87 bits per heavy atom. The Labute approximate surface area is 140 Å². The molecule has 1 aromatic heterocycles. The molecule has 2 atom stereocenters. The molecule has 1 aliphatic heterocycles. The predicted molar refractivity (Wildman–Crippen MR) is 89.4 cm³/mol. The molecule has 7 heteroatoms. The van der Waals surface area contributed by atoms with Gasteiger partial charge in [0, 0.05) is 29.3 Å². The van der Waals surface area contributed by atoms with Crippen molar-refractivity contribution in [3.05, 3.63) is 11.7 Å². The van der Waals surface area contributed by atoms with E-state index in [1.54, 1.807) is 6.92 Å². The van der Waals surface area contributed by atoms with E-state index in [2.05, 4.69) is 10.1 Å². The number of nitrogens with zero attached hydrogens (tertiary/aromatic N) is 3. The Hall–Kier alpha value is -1.24. The number of carbonyl (C=O) groups excluding carboxylic acids is 1. The number of aromatic nitrogens is 2. The summed E-state index contributed by atoms with van der Waals surface area (Å²) in [4.78, 5) is 18.7. The van der Waals surface area contributed by atoms with Gasteiger partial charge in [0.1, 0.15) is 11.0 Å². The summed E-state index contributed by atoms with van der Waals surface area (Å²) in [6.45, 7) is 9.24. The molecule has 2 rings (SSSR count). The highest BCUT2D eigenvalue weighted by Gasteiger charge is 2.28. The largest absolute Gasteiger partial charge is 0.342 e. The zero-order chi connectivity index (χ0) is 17.0. The Balaban J connectivity index is 1.96. The minimum absolute atomic E-state index is 0.0270. The molecule has 1 fully saturated rings. The molecule has 0 bridgehead atoms. The van der Waals surface area contributed by atoms with Gasteiger partial charge in [-0.25, -0.2) is 0 Å². The highest BCUT2D eigenvalue weighted by molar-refractivity contribution is 7.85. The molecule has 2 heterocycles. The lowest BCUT2D eigenvalue weighted by molar-refractivity contribution is -0.130. The van der Waals surface area contributed by atoms with E-state index in [0.29, 0.717) is 11.7 Å². The van der Waals surface area contributed by atoms with Crippen LogP contribution in [-0.2, 0) is 26.8 Å². The van der Waals surface area contributed by atoms with Gasteiger partial charge in [-0.05, 0) is 19.8 Å². The zero-order valence-corrected chi connectivity index (χ0v) is 15.3. The van der Waals surface area contributed by atoms with Crippen molar-refractivity contribution in [1.82, 2.24) is 15.0 Å². The SMILES string of the molecule is C[C@H](C(=O)N1CCCCCC1)[S@](=O)Cc1nc(C(C)(C)C)no1. The standard InChI is InChI=1S/C16H27N3O3S/c1-12(14(20)19-9-7-5-6-8-10-19)23(21)11-13-17-15(18-22-13)16(2,3)4/h12H,5-11H2,1-4H3/t12-,23-/m1/s1. The van der Waals surface area contributed by atoms with Crippen LogP contribution in [0.4, 0.5) is 0 Å². The Morgan fingerprint density at radius 1 is 1.26 bits per heavy atom. The van der Waals surface area contributed by atoms with Crippen LogP contribution in [0.3, 0.4) is 0 Å². The lowest BCUT2D eigenvalue weighted by Gasteiger charge is -2.23. The van der Waals surface area contributed by atoms with Gasteiger partial charge in [0.05, 0.1) is 0 Å². The van der Waals surface area contributed by atoms with E-state index in [9.17, 15) is 9.00 Å². The average molecular weight is 341 g/mol. The maximum absolute atomic E-state index is 12.5. The van der Waals surface area contributed by atoms with Crippen molar-refractivity contribution >= 4 is 16.7 Å². The zero-order valence-electron chi connectivity index (χ0n) is 14.5. The van der Waals surface area contributed by atoms with Gasteiger partial charge in [-0.1, -0.05) is 38.8 Å². The minimum Gasteiger partial charge on any atom is -0.342 e. The fraction of sp³-hybridized carbons (Fsp3) is 0.812. The molecule has 0 aliphatic carbocycles. The van der Waals surface area contributed by atoms with Gasteiger partial charge < -0.3 is 9.42 Å². The van der Waals surface area contributed by atoms with Crippen LogP contribution in [0.2, 0.25) is 0 Å². The molecule has 0 N–H and O–H groups in total. The second-order valence-electron chi connectivity index (χ2n) is 7.17. The predicted octanol–water partition coefficient (Wildman–Crippen LogP) is 2.41. The van der Waals surface area contributed by atoms with Gasteiger partial charge in [0.15, 0.2) is 5.82 Å². The summed E-state index contributed by atoms with van der Waals surface area (Å²) in [5, 5.41) is 3.39. The fourth-order valence-corrected chi connectivity index (χ4v) is 3.51. The maximum Gasteiger partial charge on any atom is 0.239 e. The van der Waals surface area contributed by atoms with Gasteiger partial charge in [-0.3, -0.25) is 9.00 Å². The van der Waals surface area contributed by atoms with Crippen molar-refractivity contribution in [2.45, 2.75) is 69.8 Å². The summed E-state index contributed by atoms with van der Waals surface area (Å²) < 4.78 is 17.7. The third kappa shape index (κ3) is 4.86. The number of carbonyl (C=O) groups is 1. The summed E-state index contributed by atoms with van der Waals surface area (Å²) in [5.41, 5.74) is -0.212. The first-order valence-corrected chi connectivity index (χ1v) is 9.66. The van der Waals surface area contributed by atoms with Crippen molar-refractivity contribution < 1.29 is 13.5 Å². The molecule has 0 saturated carbocycles. The van der Waals surface area contributed by atoms with E-state index < -0.39 is 16.0 Å². The Kier molecular flexibility index (Phi) is 5.95. The smallest absolute Gasteiger partial charge is 0.239 e. The molecule has 0 aromatic carbocycles. The van der Waals surface area contributed by atoms with Gasteiger partial charge in [-0.15, -0.1) is 0 Å². The molecule has 0 unspecified atom stereocenters. The van der Waals surface area contributed by atoms with Crippen molar-refractivity contribution in [2.24, 2.45) is 0 Å². The summed E-state index contributed by atoms with van der Waals surface area (Å²) in [5.74, 6) is 1.03. The number of hydrogen-bond acceptors (Lipinski definition) is 5. The summed E-state index contributed by atoms with van der Waals surface area (Å²) in [6, 6.07) is 0. The molecule has 1 aliphatic rings. The average Bonchev–Trinajstić information content (AvgIpc) is 2.80. The number of rotatable bonds is 4. The molecule has 0 spiro atoms. The molecule has 1 amide bonds. The topological polar surface area (TPSA) is 76.3 Å². The number of likely N-dealkylation sites (tertiary alicyclic amines) is 1. The van der Waals surface area contributed by atoms with Gasteiger partial charge in [0.25, 0.3) is 0 Å². The van der Waals surface area contributed by atoms with Crippen LogP contribution in [0.25, 0.3) is 0 Å². The summed E-state index contributed by atoms with van der Waals surface area (Å²) >= 11 is 0. The third-order valence-corrected chi connectivity index (χ3v) is 5.59. The molecule has 23 heavy (non-hydrogen) atoms. The summed E-state index contributed by atoms with van der Waals surface area (Å²) in [7, 11) is -1.35. The Bertz CT molecular complexity index is 557. The van der Waals surface area contributed by atoms with Crippen LogP contribution in [0, 0.1) is 0 Å². The van der Waals surface area contributed by atoms with Gasteiger partial charge in [0.2, 0.25) is 11.8 Å². The van der Waals surface area contributed by atoms with Crippen molar-refractivity contribution in [2.75, 3.05) is 13.1 Å². The van der Waals surface area contributed by atoms with E-state index in [-0.39, 0.29) is 17.1 Å². The van der Waals surface area contributed by atoms with Crippen LogP contribution >= 0.6 is 0 Å². The molecule has 1 aromatic rings. The lowest BCUT2D eigenvalue weighted by atomic mass is 9.96. The highest BCUT2D eigenvalue weighted by Crippen LogP contribution is 2.19. The quantitative estimate of drug-likeness (QED) is 0.840. The van der Waals surface area contributed by atoms with E-state index in [1.807, 2.05) is 25.7 Å². The molecule has 1 saturated heterocycles. The second-order valence-corrected chi connectivity index (χ2v) is 8.93. The highest BCUT2D eigenvalue weighted by atomic mass is 32.2. The molecular weight excluding hydrogens is 314 g/mol. The Morgan fingerprint density at radius 3 is 2.39 bits per heavy atom. The van der Waals surface area contributed by atoms with E-state index in [4.69, 9.17) is 4.52 Å². The molecular formula is C16H27N3O3S. The van der Waals surface area contributed by atoms with Crippen molar-refractivity contribution in [3.8, 4) is 0 Å². The van der Waals surface area contributed by atoms with E-state index in [0.717, 1.165) is 25.9 Å². The number of amides is 1. The van der Waals surface area contributed by atoms with Crippen LogP contribution in [0.15, 0.2) is 4.52 Å². The second kappa shape index (κ2) is 7.55. The first-order valence-electron chi connectivity index (χ1n) is 8.28. The van der Waals surface area contributed by atoms with Gasteiger partial charge in [-0.2, -0.15) is 4.98 Å². The number of hydrogen-bond donors (Lipinski definition) is 0. The first-order chi connectivity index (χ1) is 10.8. The summed E-state index contributed by atoms with van der Waals surface area (Å²) in [6.07, 6.45) is 4.39.